The number of benzene rings is 1. The number of hydrogen-bond acceptors (Lipinski definition) is 7. The van der Waals surface area contributed by atoms with E-state index in [1.54, 1.807) is 49.5 Å². The summed E-state index contributed by atoms with van der Waals surface area (Å²) in [6.07, 6.45) is -2.28. The number of carbonyl (C=O) groups excluding carboxylic acids is 1. The molecule has 1 amide bonds. The minimum absolute atomic E-state index is 0.0796. The van der Waals surface area contributed by atoms with E-state index in [9.17, 15) is 23.2 Å². The fraction of sp³-hybridized carbons (Fsp3) is 0.481. The number of rotatable bonds is 6. The summed E-state index contributed by atoms with van der Waals surface area (Å²) in [5, 5.41) is 9.83. The molecule has 0 N–H and O–H groups in total. The standard InChI is InChI=1S/C27H30F3N5O4/c1-26(2,3)39-25(36)35-11-7-18(8-12-35)37-13-14-38-21-6-5-17(15-20(21)27(28,29)30)23-19-9-10-34(4)24(19)33-22(16-31)32-23/h5-6,9-10,15,18H,7-8,11-14H2,1-4H3. The number of hydrogen-bond donors (Lipinski definition) is 0. The van der Waals surface area contributed by atoms with E-state index in [0.29, 0.717) is 37.0 Å². The van der Waals surface area contributed by atoms with Crippen molar-refractivity contribution in [2.75, 3.05) is 26.3 Å². The summed E-state index contributed by atoms with van der Waals surface area (Å²) >= 11 is 0. The number of piperidine rings is 1. The number of likely N-dealkylation sites (tertiary alicyclic amines) is 1. The van der Waals surface area contributed by atoms with E-state index < -0.39 is 17.3 Å². The second kappa shape index (κ2) is 11.1. The Balaban J connectivity index is 1.40. The van der Waals surface area contributed by atoms with Crippen molar-refractivity contribution < 1.29 is 32.2 Å². The largest absolute Gasteiger partial charge is 0.491 e. The zero-order valence-corrected chi connectivity index (χ0v) is 22.2. The van der Waals surface area contributed by atoms with Crippen molar-refractivity contribution in [2.45, 2.75) is 51.5 Å². The van der Waals surface area contributed by atoms with E-state index in [1.165, 1.54) is 12.1 Å². The van der Waals surface area contributed by atoms with Crippen molar-refractivity contribution in [2.24, 2.45) is 7.05 Å². The van der Waals surface area contributed by atoms with Gasteiger partial charge in [0, 0.05) is 37.3 Å². The summed E-state index contributed by atoms with van der Waals surface area (Å²) in [5.74, 6) is -0.462. The molecule has 4 rings (SSSR count). The Labute approximate surface area is 224 Å². The molecule has 0 unspecified atom stereocenters. The molecule has 0 bridgehead atoms. The van der Waals surface area contributed by atoms with Gasteiger partial charge in [-0.25, -0.2) is 14.8 Å². The third kappa shape index (κ3) is 6.78. The van der Waals surface area contributed by atoms with Crippen molar-refractivity contribution in [1.82, 2.24) is 19.4 Å². The minimum Gasteiger partial charge on any atom is -0.491 e. The summed E-state index contributed by atoms with van der Waals surface area (Å²) in [7, 11) is 1.73. The zero-order valence-electron chi connectivity index (χ0n) is 22.2. The quantitative estimate of drug-likeness (QED) is 0.386. The molecule has 3 aromatic rings. The van der Waals surface area contributed by atoms with Crippen molar-refractivity contribution >= 4 is 17.1 Å². The summed E-state index contributed by atoms with van der Waals surface area (Å²) < 4.78 is 60.2. The monoisotopic (exact) mass is 545 g/mol. The van der Waals surface area contributed by atoms with Gasteiger partial charge in [0.25, 0.3) is 0 Å². The summed E-state index contributed by atoms with van der Waals surface area (Å²) in [6.45, 7) is 6.39. The van der Waals surface area contributed by atoms with E-state index in [0.717, 1.165) is 6.07 Å². The van der Waals surface area contributed by atoms with Crippen molar-refractivity contribution in [1.29, 1.82) is 5.26 Å². The maximum Gasteiger partial charge on any atom is 0.419 e. The molecule has 0 spiro atoms. The van der Waals surface area contributed by atoms with Gasteiger partial charge in [-0.1, -0.05) is 0 Å². The Bertz CT molecular complexity index is 1380. The average molecular weight is 546 g/mol. The van der Waals surface area contributed by atoms with Crippen LogP contribution in [0.1, 0.15) is 45.0 Å². The predicted molar refractivity (Wildman–Crippen MR) is 136 cm³/mol. The van der Waals surface area contributed by atoms with Gasteiger partial charge in [0.1, 0.15) is 29.7 Å². The van der Waals surface area contributed by atoms with Gasteiger partial charge >= 0.3 is 12.3 Å². The van der Waals surface area contributed by atoms with Crippen LogP contribution in [0.4, 0.5) is 18.0 Å². The smallest absolute Gasteiger partial charge is 0.419 e. The van der Waals surface area contributed by atoms with Gasteiger partial charge in [-0.05, 0) is 57.9 Å². The number of ether oxygens (including phenoxy) is 3. The van der Waals surface area contributed by atoms with E-state index >= 15 is 0 Å². The fourth-order valence-electron chi connectivity index (χ4n) is 4.33. The van der Waals surface area contributed by atoms with Crippen LogP contribution in [0.25, 0.3) is 22.3 Å². The molecule has 1 aliphatic rings. The molecule has 0 saturated carbocycles. The molecule has 0 atom stereocenters. The molecule has 39 heavy (non-hydrogen) atoms. The van der Waals surface area contributed by atoms with Crippen molar-refractivity contribution in [3.8, 4) is 23.1 Å². The van der Waals surface area contributed by atoms with E-state index in [1.807, 2.05) is 6.07 Å². The van der Waals surface area contributed by atoms with Crippen LogP contribution >= 0.6 is 0 Å². The van der Waals surface area contributed by atoms with Gasteiger partial charge in [-0.15, -0.1) is 0 Å². The van der Waals surface area contributed by atoms with Crippen LogP contribution in [0.5, 0.6) is 5.75 Å². The van der Waals surface area contributed by atoms with Crippen molar-refractivity contribution in [3.05, 3.63) is 41.9 Å². The predicted octanol–water partition coefficient (Wildman–Crippen LogP) is 5.32. The topological polar surface area (TPSA) is 103 Å². The van der Waals surface area contributed by atoms with E-state index in [-0.39, 0.29) is 48.2 Å². The Kier molecular flexibility index (Phi) is 8.02. The zero-order chi connectivity index (χ0) is 28.4. The first-order chi connectivity index (χ1) is 18.4. The van der Waals surface area contributed by atoms with Crippen LogP contribution in [-0.4, -0.2) is 63.5 Å². The number of amides is 1. The summed E-state index contributed by atoms with van der Waals surface area (Å²) in [4.78, 5) is 22.1. The molecular formula is C27H30F3N5O4. The molecule has 3 heterocycles. The number of alkyl halides is 3. The number of fused-ring (bicyclic) bond motifs is 1. The number of halogens is 3. The lowest BCUT2D eigenvalue weighted by Crippen LogP contribution is -2.43. The number of aromatic nitrogens is 3. The highest BCUT2D eigenvalue weighted by Gasteiger charge is 2.35. The second-order valence-corrected chi connectivity index (χ2v) is 10.3. The number of nitriles is 1. The Morgan fingerprint density at radius 3 is 2.49 bits per heavy atom. The van der Waals surface area contributed by atoms with Gasteiger partial charge < -0.3 is 23.7 Å². The SMILES string of the molecule is Cn1ccc2c(-c3ccc(OCCOC4CCN(C(=O)OC(C)(C)C)CC4)c(C(F)(F)F)c3)nc(C#N)nc21. The number of nitrogens with zero attached hydrogens (tertiary/aromatic N) is 5. The number of carbonyl (C=O) groups is 1. The van der Waals surface area contributed by atoms with Crippen LogP contribution in [0, 0.1) is 11.3 Å². The van der Waals surface area contributed by atoms with Gasteiger partial charge in [0.15, 0.2) is 0 Å². The Morgan fingerprint density at radius 2 is 1.85 bits per heavy atom. The molecule has 2 aromatic heterocycles. The molecular weight excluding hydrogens is 515 g/mol. The lowest BCUT2D eigenvalue weighted by Gasteiger charge is -2.33. The molecule has 1 aliphatic heterocycles. The maximum absolute atomic E-state index is 14.0. The third-order valence-electron chi connectivity index (χ3n) is 6.17. The molecule has 1 saturated heterocycles. The first-order valence-corrected chi connectivity index (χ1v) is 12.5. The fourth-order valence-corrected chi connectivity index (χ4v) is 4.33. The second-order valence-electron chi connectivity index (χ2n) is 10.3. The highest BCUT2D eigenvalue weighted by molar-refractivity contribution is 5.91. The van der Waals surface area contributed by atoms with E-state index in [4.69, 9.17) is 14.2 Å². The first kappa shape index (κ1) is 28.2. The van der Waals surface area contributed by atoms with Crippen LogP contribution in [0.15, 0.2) is 30.5 Å². The highest BCUT2D eigenvalue weighted by atomic mass is 19.4. The molecule has 1 fully saturated rings. The molecule has 9 nitrogen and oxygen atoms in total. The van der Waals surface area contributed by atoms with Gasteiger partial charge in [0.2, 0.25) is 5.82 Å². The first-order valence-electron chi connectivity index (χ1n) is 12.5. The minimum atomic E-state index is -4.68. The normalized spacial score (nSPS) is 14.9. The number of aryl methyl sites for hydroxylation is 1. The lowest BCUT2D eigenvalue weighted by atomic mass is 10.0. The molecule has 208 valence electrons. The van der Waals surface area contributed by atoms with Gasteiger partial charge in [0.05, 0.1) is 24.0 Å². The van der Waals surface area contributed by atoms with Crippen LogP contribution in [0.2, 0.25) is 0 Å². The molecule has 12 heteroatoms. The molecule has 0 aliphatic carbocycles. The molecule has 1 aromatic carbocycles. The van der Waals surface area contributed by atoms with E-state index in [2.05, 4.69) is 9.97 Å². The third-order valence-corrected chi connectivity index (χ3v) is 6.17. The van der Waals surface area contributed by atoms with Gasteiger partial charge in [-0.3, -0.25) is 0 Å². The van der Waals surface area contributed by atoms with Crippen LogP contribution in [-0.2, 0) is 22.7 Å². The summed E-state index contributed by atoms with van der Waals surface area (Å²) in [5.41, 5.74) is -0.656. The highest BCUT2D eigenvalue weighted by Crippen LogP contribution is 2.39. The van der Waals surface area contributed by atoms with Crippen LogP contribution < -0.4 is 4.74 Å². The maximum atomic E-state index is 14.0. The Hall–Kier alpha value is -3.85. The van der Waals surface area contributed by atoms with Gasteiger partial charge in [-0.2, -0.15) is 18.4 Å². The van der Waals surface area contributed by atoms with Crippen LogP contribution in [0.3, 0.4) is 0 Å². The molecule has 0 radical (unpaired) electrons. The lowest BCUT2D eigenvalue weighted by molar-refractivity contribution is -0.139. The Morgan fingerprint density at radius 1 is 1.13 bits per heavy atom. The average Bonchev–Trinajstić information content (AvgIpc) is 3.25. The van der Waals surface area contributed by atoms with Crippen molar-refractivity contribution in [3.63, 3.8) is 0 Å². The summed E-state index contributed by atoms with van der Waals surface area (Å²) in [6, 6.07) is 7.25.